The van der Waals surface area contributed by atoms with E-state index in [-0.39, 0.29) is 36.0 Å². The molecule has 0 bridgehead atoms. The summed E-state index contributed by atoms with van der Waals surface area (Å²) in [6.07, 6.45) is 0.669. The number of benzene rings is 2. The van der Waals surface area contributed by atoms with Gasteiger partial charge in [-0.05, 0) is 49.8 Å². The van der Waals surface area contributed by atoms with Crippen LogP contribution in [0.2, 0.25) is 5.02 Å². The summed E-state index contributed by atoms with van der Waals surface area (Å²) in [4.78, 5) is 41.4. The highest BCUT2D eigenvalue weighted by Crippen LogP contribution is 2.25. The van der Waals surface area contributed by atoms with Crippen molar-refractivity contribution in [1.29, 1.82) is 0 Å². The van der Waals surface area contributed by atoms with Crippen LogP contribution in [0.5, 0.6) is 5.75 Å². The average molecular weight is 542 g/mol. The summed E-state index contributed by atoms with van der Waals surface area (Å²) in [5.41, 5.74) is 1.15. The van der Waals surface area contributed by atoms with E-state index in [1.807, 2.05) is 70.2 Å². The van der Waals surface area contributed by atoms with Gasteiger partial charge in [-0.2, -0.15) is 0 Å². The van der Waals surface area contributed by atoms with Crippen molar-refractivity contribution in [2.75, 3.05) is 39.6 Å². The first kappa shape index (κ1) is 29.0. The second-order valence-corrected chi connectivity index (χ2v) is 10.7. The number of rotatable bonds is 11. The van der Waals surface area contributed by atoms with Crippen LogP contribution in [-0.2, 0) is 18.3 Å². The number of nitrogens with one attached hydrogen (secondary N) is 2. The van der Waals surface area contributed by atoms with E-state index >= 15 is 0 Å². The quantitative estimate of drug-likeness (QED) is 0.385. The van der Waals surface area contributed by atoms with Crippen molar-refractivity contribution in [3.63, 3.8) is 0 Å². The molecule has 0 saturated carbocycles. The molecule has 1 aromatic heterocycles. The molecule has 0 atom stereocenters. The monoisotopic (exact) mass is 541 g/mol. The Bertz CT molecular complexity index is 1350. The molecule has 3 rings (SSSR count). The van der Waals surface area contributed by atoms with E-state index in [0.717, 1.165) is 5.69 Å². The molecular weight excluding hydrogens is 506 g/mol. The van der Waals surface area contributed by atoms with Gasteiger partial charge in [-0.3, -0.25) is 19.1 Å². The van der Waals surface area contributed by atoms with Gasteiger partial charge in [-0.25, -0.2) is 4.68 Å². The van der Waals surface area contributed by atoms with E-state index in [1.54, 1.807) is 21.5 Å². The van der Waals surface area contributed by atoms with Crippen molar-refractivity contribution < 1.29 is 14.3 Å². The normalized spacial score (nSPS) is 11.5. The number of anilines is 1. The SMILES string of the molecule is COc1ccc(Cl)cc1C(=O)NCC(C)(C)CC(=O)Nc1c(CCN(C)C)n(C)n(-c2ccccc2)c1=O. The molecule has 0 saturated heterocycles. The number of methoxy groups -OCH3 is 1. The predicted molar refractivity (Wildman–Crippen MR) is 151 cm³/mol. The molecule has 0 unspecified atom stereocenters. The van der Waals surface area contributed by atoms with Crippen molar-refractivity contribution >= 4 is 29.1 Å². The Morgan fingerprint density at radius 3 is 2.42 bits per heavy atom. The van der Waals surface area contributed by atoms with Gasteiger partial charge in [0, 0.05) is 38.0 Å². The van der Waals surface area contributed by atoms with Crippen molar-refractivity contribution in [3.8, 4) is 11.4 Å². The van der Waals surface area contributed by atoms with E-state index in [1.165, 1.54) is 13.2 Å². The summed E-state index contributed by atoms with van der Waals surface area (Å²) >= 11 is 6.05. The molecular formula is C28H36ClN5O4. The van der Waals surface area contributed by atoms with Crippen molar-refractivity contribution in [2.45, 2.75) is 26.7 Å². The molecule has 2 N–H and O–H groups in total. The third kappa shape index (κ3) is 7.05. The molecule has 0 spiro atoms. The van der Waals surface area contributed by atoms with Gasteiger partial charge in [0.25, 0.3) is 11.5 Å². The molecule has 0 aliphatic rings. The third-order valence-corrected chi connectivity index (χ3v) is 6.45. The largest absolute Gasteiger partial charge is 0.496 e. The Labute approximate surface area is 228 Å². The third-order valence-electron chi connectivity index (χ3n) is 6.22. The lowest BCUT2D eigenvalue weighted by Gasteiger charge is -2.24. The fourth-order valence-corrected chi connectivity index (χ4v) is 4.37. The number of hydrogen-bond acceptors (Lipinski definition) is 5. The summed E-state index contributed by atoms with van der Waals surface area (Å²) in [5, 5.41) is 6.16. The zero-order chi connectivity index (χ0) is 28.0. The lowest BCUT2D eigenvalue weighted by molar-refractivity contribution is -0.118. The molecule has 3 aromatic rings. The maximum absolute atomic E-state index is 13.5. The molecule has 0 fully saturated rings. The zero-order valence-corrected chi connectivity index (χ0v) is 23.6. The number of amides is 2. The first-order valence-corrected chi connectivity index (χ1v) is 12.7. The number of ether oxygens (including phenoxy) is 1. The molecule has 9 nitrogen and oxygen atoms in total. The Kier molecular flexibility index (Phi) is 9.40. The zero-order valence-electron chi connectivity index (χ0n) is 22.8. The highest BCUT2D eigenvalue weighted by atomic mass is 35.5. The van der Waals surface area contributed by atoms with E-state index in [4.69, 9.17) is 16.3 Å². The minimum absolute atomic E-state index is 0.0900. The van der Waals surface area contributed by atoms with Crippen LogP contribution in [-0.4, -0.2) is 60.4 Å². The van der Waals surface area contributed by atoms with Crippen LogP contribution in [0.15, 0.2) is 53.3 Å². The molecule has 10 heteroatoms. The van der Waals surface area contributed by atoms with Crippen LogP contribution in [0.4, 0.5) is 5.69 Å². The van der Waals surface area contributed by atoms with Crippen LogP contribution in [0.3, 0.4) is 0 Å². The molecule has 204 valence electrons. The number of para-hydroxylation sites is 1. The van der Waals surface area contributed by atoms with E-state index in [2.05, 4.69) is 10.6 Å². The molecule has 0 radical (unpaired) electrons. The second-order valence-electron chi connectivity index (χ2n) is 10.3. The number of nitrogens with zero attached hydrogens (tertiary/aromatic N) is 3. The van der Waals surface area contributed by atoms with E-state index in [0.29, 0.717) is 35.0 Å². The van der Waals surface area contributed by atoms with Gasteiger partial charge in [-0.15, -0.1) is 0 Å². The number of carbonyl (C=O) groups is 2. The summed E-state index contributed by atoms with van der Waals surface area (Å²) < 4.78 is 8.62. The van der Waals surface area contributed by atoms with E-state index in [9.17, 15) is 14.4 Å². The van der Waals surface area contributed by atoms with Crippen molar-refractivity contribution in [1.82, 2.24) is 19.6 Å². The van der Waals surface area contributed by atoms with Gasteiger partial charge in [0.2, 0.25) is 5.91 Å². The van der Waals surface area contributed by atoms with E-state index < -0.39 is 5.41 Å². The van der Waals surface area contributed by atoms with Gasteiger partial charge in [0.15, 0.2) is 0 Å². The highest BCUT2D eigenvalue weighted by Gasteiger charge is 2.27. The van der Waals surface area contributed by atoms with Crippen molar-refractivity contribution in [3.05, 3.63) is 75.2 Å². The Hall–Kier alpha value is -3.56. The Morgan fingerprint density at radius 2 is 1.79 bits per heavy atom. The minimum atomic E-state index is -0.595. The summed E-state index contributed by atoms with van der Waals surface area (Å²) in [6, 6.07) is 14.1. The minimum Gasteiger partial charge on any atom is -0.496 e. The first-order valence-electron chi connectivity index (χ1n) is 12.4. The van der Waals surface area contributed by atoms with Gasteiger partial charge < -0.3 is 20.3 Å². The molecule has 38 heavy (non-hydrogen) atoms. The van der Waals surface area contributed by atoms with Gasteiger partial charge in [0.1, 0.15) is 11.4 Å². The van der Waals surface area contributed by atoms with Crippen molar-refractivity contribution in [2.24, 2.45) is 12.5 Å². The topological polar surface area (TPSA) is 97.6 Å². The van der Waals surface area contributed by atoms with Gasteiger partial charge >= 0.3 is 0 Å². The maximum atomic E-state index is 13.5. The fourth-order valence-electron chi connectivity index (χ4n) is 4.20. The number of likely N-dealkylation sites (N-methyl/N-ethyl adjacent to an activating group) is 1. The lowest BCUT2D eigenvalue weighted by atomic mass is 9.88. The van der Waals surface area contributed by atoms with Crippen LogP contribution < -0.4 is 20.9 Å². The second kappa shape index (κ2) is 12.3. The number of halogens is 1. The summed E-state index contributed by atoms with van der Waals surface area (Å²) in [6.45, 7) is 4.69. The molecule has 2 amide bonds. The summed E-state index contributed by atoms with van der Waals surface area (Å²) in [5.74, 6) is -0.248. The molecule has 2 aromatic carbocycles. The van der Waals surface area contributed by atoms with Crippen LogP contribution >= 0.6 is 11.6 Å². The predicted octanol–water partition coefficient (Wildman–Crippen LogP) is 3.73. The van der Waals surface area contributed by atoms with Gasteiger partial charge in [-0.1, -0.05) is 43.6 Å². The average Bonchev–Trinajstić information content (AvgIpc) is 3.09. The number of carbonyl (C=O) groups excluding carboxylic acids is 2. The highest BCUT2D eigenvalue weighted by molar-refractivity contribution is 6.31. The standard InChI is InChI=1S/C28H36ClN5O4/c1-28(2,18-30-26(36)21-16-19(29)12-13-23(21)38-6)17-24(35)31-25-22(14-15-32(3)4)33(5)34(27(25)37)20-10-8-7-9-11-20/h7-13,16H,14-15,17-18H2,1-6H3,(H,30,36)(H,31,35). The van der Waals surface area contributed by atoms with Crippen LogP contribution in [0.25, 0.3) is 5.69 Å². The fraction of sp³-hybridized carbons (Fsp3) is 0.393. The molecule has 1 heterocycles. The first-order chi connectivity index (χ1) is 17.9. The Morgan fingerprint density at radius 1 is 1.11 bits per heavy atom. The Balaban J connectivity index is 1.77. The lowest BCUT2D eigenvalue weighted by Crippen LogP contribution is -2.37. The van der Waals surface area contributed by atoms with Crippen LogP contribution in [0, 0.1) is 5.41 Å². The maximum Gasteiger partial charge on any atom is 0.295 e. The molecule has 0 aliphatic heterocycles. The smallest absolute Gasteiger partial charge is 0.295 e. The number of hydrogen-bond donors (Lipinski definition) is 2. The molecule has 0 aliphatic carbocycles. The van der Waals surface area contributed by atoms with Crippen LogP contribution in [0.1, 0.15) is 36.3 Å². The number of aromatic nitrogens is 2. The van der Waals surface area contributed by atoms with Gasteiger partial charge in [0.05, 0.1) is 24.1 Å². The summed E-state index contributed by atoms with van der Waals surface area (Å²) in [7, 11) is 7.22.